The Morgan fingerprint density at radius 2 is 2.12 bits per heavy atom. The van der Waals surface area contributed by atoms with Gasteiger partial charge in [-0.15, -0.1) is 0 Å². The van der Waals surface area contributed by atoms with E-state index < -0.39 is 0 Å². The Balaban J connectivity index is 2.88. The van der Waals surface area contributed by atoms with E-state index in [2.05, 4.69) is 28.7 Å². The first kappa shape index (κ1) is 14.2. The van der Waals surface area contributed by atoms with Gasteiger partial charge in [0.2, 0.25) is 0 Å². The molecule has 0 aromatic carbocycles. The number of anilines is 1. The fraction of sp³-hybridized carbons (Fsp3) is 0.667. The van der Waals surface area contributed by atoms with E-state index in [1.807, 2.05) is 14.0 Å². The van der Waals surface area contributed by atoms with Crippen molar-refractivity contribution in [2.75, 3.05) is 18.6 Å². The molecule has 0 fully saturated rings. The van der Waals surface area contributed by atoms with Gasteiger partial charge in [-0.25, -0.2) is 9.97 Å². The quantitative estimate of drug-likeness (QED) is 0.735. The second-order valence-electron chi connectivity index (χ2n) is 3.97. The highest BCUT2D eigenvalue weighted by Gasteiger charge is 2.12. The van der Waals surface area contributed by atoms with Gasteiger partial charge in [-0.3, -0.25) is 0 Å². The van der Waals surface area contributed by atoms with E-state index in [1.54, 1.807) is 6.07 Å². The second kappa shape index (κ2) is 6.77. The lowest BCUT2D eigenvalue weighted by Gasteiger charge is -2.25. The molecule has 0 aliphatic carbocycles. The number of ether oxygens (including phenoxy) is 1. The summed E-state index contributed by atoms with van der Waals surface area (Å²) in [5, 5.41) is 0.458. The maximum atomic E-state index is 5.99. The van der Waals surface area contributed by atoms with Crippen LogP contribution >= 0.6 is 11.6 Å². The molecule has 1 heterocycles. The number of hydrogen-bond acceptors (Lipinski definition) is 4. The standard InChI is InChI=1S/C12H20ClN3O/c1-5-9(3)16(4)12-7-10(13)14-11(15-12)8-17-6-2/h7,9H,5-6,8H2,1-4H3. The topological polar surface area (TPSA) is 38.2 Å². The van der Waals surface area contributed by atoms with Crippen LogP contribution in [0.1, 0.15) is 33.0 Å². The third-order valence-corrected chi connectivity index (χ3v) is 2.97. The van der Waals surface area contributed by atoms with Gasteiger partial charge >= 0.3 is 0 Å². The summed E-state index contributed by atoms with van der Waals surface area (Å²) in [5.41, 5.74) is 0. The predicted octanol–water partition coefficient (Wildman–Crippen LogP) is 2.90. The van der Waals surface area contributed by atoms with Crippen molar-refractivity contribution in [3.05, 3.63) is 17.0 Å². The molecule has 0 spiro atoms. The summed E-state index contributed by atoms with van der Waals surface area (Å²) in [7, 11) is 2.01. The van der Waals surface area contributed by atoms with Crippen molar-refractivity contribution in [1.82, 2.24) is 9.97 Å². The average Bonchev–Trinajstić information content (AvgIpc) is 2.33. The summed E-state index contributed by atoms with van der Waals surface area (Å²) in [6.07, 6.45) is 1.05. The molecule has 96 valence electrons. The molecule has 1 aromatic rings. The van der Waals surface area contributed by atoms with E-state index in [0.29, 0.717) is 30.2 Å². The molecule has 1 aromatic heterocycles. The molecule has 1 atom stereocenters. The zero-order chi connectivity index (χ0) is 12.8. The van der Waals surface area contributed by atoms with E-state index in [4.69, 9.17) is 16.3 Å². The van der Waals surface area contributed by atoms with Gasteiger partial charge in [0.05, 0.1) is 0 Å². The highest BCUT2D eigenvalue weighted by Crippen LogP contribution is 2.18. The monoisotopic (exact) mass is 257 g/mol. The third kappa shape index (κ3) is 4.13. The largest absolute Gasteiger partial charge is 0.374 e. The molecular formula is C12H20ClN3O. The lowest BCUT2D eigenvalue weighted by molar-refractivity contribution is 0.128. The van der Waals surface area contributed by atoms with Gasteiger partial charge in [-0.2, -0.15) is 0 Å². The lowest BCUT2D eigenvalue weighted by Crippen LogP contribution is -2.29. The summed E-state index contributed by atoms with van der Waals surface area (Å²) in [5.74, 6) is 1.47. The minimum atomic E-state index is 0.401. The number of halogens is 1. The molecule has 17 heavy (non-hydrogen) atoms. The summed E-state index contributed by atoms with van der Waals surface area (Å²) in [4.78, 5) is 10.7. The van der Waals surface area contributed by atoms with Gasteiger partial charge in [0.25, 0.3) is 0 Å². The first-order valence-electron chi connectivity index (χ1n) is 5.92. The molecule has 0 radical (unpaired) electrons. The molecule has 0 N–H and O–H groups in total. The van der Waals surface area contributed by atoms with Gasteiger partial charge in [-0.05, 0) is 20.3 Å². The Bertz CT molecular complexity index is 360. The highest BCUT2D eigenvalue weighted by atomic mass is 35.5. The number of hydrogen-bond donors (Lipinski definition) is 0. The summed E-state index contributed by atoms with van der Waals surface area (Å²) in [6, 6.07) is 2.20. The van der Waals surface area contributed by atoms with Crippen molar-refractivity contribution in [1.29, 1.82) is 0 Å². The minimum absolute atomic E-state index is 0.401. The fourth-order valence-corrected chi connectivity index (χ4v) is 1.58. The smallest absolute Gasteiger partial charge is 0.158 e. The predicted molar refractivity (Wildman–Crippen MR) is 70.5 cm³/mol. The molecule has 0 saturated heterocycles. The fourth-order valence-electron chi connectivity index (χ4n) is 1.39. The van der Waals surface area contributed by atoms with Crippen LogP contribution < -0.4 is 4.90 Å². The Hall–Kier alpha value is -0.870. The molecular weight excluding hydrogens is 238 g/mol. The first-order valence-corrected chi connectivity index (χ1v) is 6.30. The van der Waals surface area contributed by atoms with Crippen LogP contribution in [0.5, 0.6) is 0 Å². The maximum Gasteiger partial charge on any atom is 0.158 e. The van der Waals surface area contributed by atoms with Crippen LogP contribution in [0.4, 0.5) is 5.82 Å². The normalized spacial score (nSPS) is 12.5. The van der Waals surface area contributed by atoms with Crippen LogP contribution in [0.3, 0.4) is 0 Å². The van der Waals surface area contributed by atoms with Crippen molar-refractivity contribution in [2.45, 2.75) is 39.8 Å². The summed E-state index contributed by atoms with van der Waals surface area (Å²) >= 11 is 5.99. The van der Waals surface area contributed by atoms with Crippen LogP contribution in [0, 0.1) is 0 Å². The van der Waals surface area contributed by atoms with Crippen molar-refractivity contribution < 1.29 is 4.74 Å². The SMILES string of the molecule is CCOCc1nc(Cl)cc(N(C)C(C)CC)n1. The van der Waals surface area contributed by atoms with E-state index in [9.17, 15) is 0 Å². The van der Waals surface area contributed by atoms with Crippen molar-refractivity contribution in [2.24, 2.45) is 0 Å². The summed E-state index contributed by atoms with van der Waals surface area (Å²) in [6.45, 7) is 7.28. The van der Waals surface area contributed by atoms with Crippen LogP contribution in [-0.2, 0) is 11.3 Å². The van der Waals surface area contributed by atoms with Crippen LogP contribution in [-0.4, -0.2) is 29.7 Å². The molecule has 0 amide bonds. The van der Waals surface area contributed by atoms with Gasteiger partial charge in [-0.1, -0.05) is 18.5 Å². The zero-order valence-corrected chi connectivity index (χ0v) is 11.7. The van der Waals surface area contributed by atoms with E-state index in [-0.39, 0.29) is 0 Å². The van der Waals surface area contributed by atoms with Crippen molar-refractivity contribution >= 4 is 17.4 Å². The third-order valence-electron chi connectivity index (χ3n) is 2.78. The highest BCUT2D eigenvalue weighted by molar-refractivity contribution is 6.29. The molecule has 1 rings (SSSR count). The van der Waals surface area contributed by atoms with Crippen LogP contribution in [0.25, 0.3) is 0 Å². The maximum absolute atomic E-state index is 5.99. The number of aromatic nitrogens is 2. The van der Waals surface area contributed by atoms with E-state index >= 15 is 0 Å². The van der Waals surface area contributed by atoms with Gasteiger partial charge < -0.3 is 9.64 Å². The number of nitrogens with zero attached hydrogens (tertiary/aromatic N) is 3. The van der Waals surface area contributed by atoms with E-state index in [1.165, 1.54) is 0 Å². The zero-order valence-electron chi connectivity index (χ0n) is 10.9. The summed E-state index contributed by atoms with van der Waals surface area (Å²) < 4.78 is 5.29. The Morgan fingerprint density at radius 3 is 2.71 bits per heavy atom. The molecule has 4 nitrogen and oxygen atoms in total. The molecule has 5 heteroatoms. The second-order valence-corrected chi connectivity index (χ2v) is 4.36. The lowest BCUT2D eigenvalue weighted by atomic mass is 10.2. The van der Waals surface area contributed by atoms with Crippen LogP contribution in [0.2, 0.25) is 5.15 Å². The average molecular weight is 258 g/mol. The first-order chi connectivity index (χ1) is 8.08. The Morgan fingerprint density at radius 1 is 1.41 bits per heavy atom. The van der Waals surface area contributed by atoms with E-state index in [0.717, 1.165) is 12.2 Å². The van der Waals surface area contributed by atoms with Gasteiger partial charge in [0, 0.05) is 25.8 Å². The molecule has 0 bridgehead atoms. The molecule has 1 unspecified atom stereocenters. The Kier molecular flexibility index (Phi) is 5.65. The van der Waals surface area contributed by atoms with Crippen LogP contribution in [0.15, 0.2) is 6.07 Å². The number of rotatable bonds is 6. The van der Waals surface area contributed by atoms with Gasteiger partial charge in [0.1, 0.15) is 17.6 Å². The van der Waals surface area contributed by atoms with Crippen molar-refractivity contribution in [3.63, 3.8) is 0 Å². The molecule has 0 aliphatic rings. The van der Waals surface area contributed by atoms with Gasteiger partial charge in [0.15, 0.2) is 5.82 Å². The Labute approximate surface area is 108 Å². The molecule has 0 saturated carbocycles. The minimum Gasteiger partial charge on any atom is -0.374 e. The molecule has 0 aliphatic heterocycles. The van der Waals surface area contributed by atoms with Crippen molar-refractivity contribution in [3.8, 4) is 0 Å².